The Hall–Kier alpha value is -1.87. The molecule has 1 heterocycles. The van der Waals surface area contributed by atoms with Gasteiger partial charge in [0.05, 0.1) is 7.11 Å². The summed E-state index contributed by atoms with van der Waals surface area (Å²) in [5.74, 6) is 0.907. The Kier molecular flexibility index (Phi) is 4.31. The minimum Gasteiger partial charge on any atom is -0.497 e. The zero-order valence-corrected chi connectivity index (χ0v) is 10.8. The van der Waals surface area contributed by atoms with Crippen LogP contribution in [0.15, 0.2) is 48.8 Å². The van der Waals surface area contributed by atoms with Crippen LogP contribution in [-0.4, -0.2) is 24.0 Å². The Balaban J connectivity index is 1.96. The maximum absolute atomic E-state index is 5.23. The SMILES string of the molecule is COc1cccc(CN(C)Cc2ccncc2)c1. The summed E-state index contributed by atoms with van der Waals surface area (Å²) < 4.78 is 5.23. The quantitative estimate of drug-likeness (QED) is 0.806. The van der Waals surface area contributed by atoms with E-state index in [0.717, 1.165) is 18.8 Å². The summed E-state index contributed by atoms with van der Waals surface area (Å²) in [5, 5.41) is 0. The summed E-state index contributed by atoms with van der Waals surface area (Å²) in [6.07, 6.45) is 3.66. The molecule has 0 saturated carbocycles. The van der Waals surface area contributed by atoms with Gasteiger partial charge in [-0.15, -0.1) is 0 Å². The molecule has 1 aromatic heterocycles. The monoisotopic (exact) mass is 242 g/mol. The normalized spacial score (nSPS) is 10.6. The minimum absolute atomic E-state index is 0.902. The summed E-state index contributed by atoms with van der Waals surface area (Å²) in [6.45, 7) is 1.82. The molecule has 0 saturated heterocycles. The van der Waals surface area contributed by atoms with Gasteiger partial charge in [-0.25, -0.2) is 0 Å². The van der Waals surface area contributed by atoms with Gasteiger partial charge in [0.15, 0.2) is 0 Å². The number of ether oxygens (including phenoxy) is 1. The molecule has 2 aromatic rings. The summed E-state index contributed by atoms with van der Waals surface area (Å²) in [6, 6.07) is 12.3. The van der Waals surface area contributed by atoms with E-state index < -0.39 is 0 Å². The van der Waals surface area contributed by atoms with Gasteiger partial charge in [0, 0.05) is 25.5 Å². The third kappa shape index (κ3) is 3.57. The van der Waals surface area contributed by atoms with Crippen LogP contribution in [0.4, 0.5) is 0 Å². The molecule has 0 radical (unpaired) electrons. The van der Waals surface area contributed by atoms with Crippen LogP contribution in [0.3, 0.4) is 0 Å². The number of pyridine rings is 1. The van der Waals surface area contributed by atoms with Crippen LogP contribution in [0.25, 0.3) is 0 Å². The molecule has 3 heteroatoms. The Morgan fingerprint density at radius 3 is 2.50 bits per heavy atom. The second-order valence-corrected chi connectivity index (χ2v) is 4.38. The Morgan fingerprint density at radius 1 is 1.06 bits per heavy atom. The predicted molar refractivity (Wildman–Crippen MR) is 72.4 cm³/mol. The Labute approximate surface area is 108 Å². The molecule has 0 N–H and O–H groups in total. The maximum atomic E-state index is 5.23. The van der Waals surface area contributed by atoms with Gasteiger partial charge in [-0.2, -0.15) is 0 Å². The van der Waals surface area contributed by atoms with Crippen molar-refractivity contribution < 1.29 is 4.74 Å². The third-order valence-corrected chi connectivity index (χ3v) is 2.79. The average Bonchev–Trinajstić information content (AvgIpc) is 2.40. The number of hydrogen-bond donors (Lipinski definition) is 0. The minimum atomic E-state index is 0.902. The van der Waals surface area contributed by atoms with Crippen molar-refractivity contribution >= 4 is 0 Å². The largest absolute Gasteiger partial charge is 0.497 e. The lowest BCUT2D eigenvalue weighted by Gasteiger charge is -2.17. The first-order chi connectivity index (χ1) is 8.78. The van der Waals surface area contributed by atoms with E-state index in [2.05, 4.69) is 29.1 Å². The molecule has 0 spiro atoms. The lowest BCUT2D eigenvalue weighted by molar-refractivity contribution is 0.318. The highest BCUT2D eigenvalue weighted by Crippen LogP contribution is 2.14. The fourth-order valence-electron chi connectivity index (χ4n) is 1.94. The molecule has 2 rings (SSSR count). The van der Waals surface area contributed by atoms with Crippen LogP contribution in [0.5, 0.6) is 5.75 Å². The van der Waals surface area contributed by atoms with Gasteiger partial charge in [0.2, 0.25) is 0 Å². The van der Waals surface area contributed by atoms with E-state index in [1.54, 1.807) is 7.11 Å². The van der Waals surface area contributed by atoms with Crippen LogP contribution in [0, 0.1) is 0 Å². The standard InChI is InChI=1S/C15H18N2O/c1-17(11-13-6-8-16-9-7-13)12-14-4-3-5-15(10-14)18-2/h3-10H,11-12H2,1-2H3. The molecule has 0 amide bonds. The first-order valence-electron chi connectivity index (χ1n) is 5.98. The smallest absolute Gasteiger partial charge is 0.119 e. The van der Waals surface area contributed by atoms with Crippen LogP contribution in [0.1, 0.15) is 11.1 Å². The summed E-state index contributed by atoms with van der Waals surface area (Å²) in [7, 11) is 3.81. The average molecular weight is 242 g/mol. The second-order valence-electron chi connectivity index (χ2n) is 4.38. The zero-order valence-electron chi connectivity index (χ0n) is 10.8. The highest BCUT2D eigenvalue weighted by Gasteiger charge is 2.02. The van der Waals surface area contributed by atoms with Crippen molar-refractivity contribution in [2.24, 2.45) is 0 Å². The van der Waals surface area contributed by atoms with E-state index in [1.807, 2.05) is 36.7 Å². The maximum Gasteiger partial charge on any atom is 0.119 e. The van der Waals surface area contributed by atoms with Gasteiger partial charge in [0.25, 0.3) is 0 Å². The lowest BCUT2D eigenvalue weighted by Crippen LogP contribution is -2.17. The Morgan fingerprint density at radius 2 is 1.78 bits per heavy atom. The van der Waals surface area contributed by atoms with Crippen molar-refractivity contribution in [2.75, 3.05) is 14.2 Å². The number of hydrogen-bond acceptors (Lipinski definition) is 3. The lowest BCUT2D eigenvalue weighted by atomic mass is 10.2. The molecule has 18 heavy (non-hydrogen) atoms. The fraction of sp³-hybridized carbons (Fsp3) is 0.267. The van der Waals surface area contributed by atoms with Crippen LogP contribution in [0.2, 0.25) is 0 Å². The molecule has 0 aliphatic rings. The van der Waals surface area contributed by atoms with E-state index in [9.17, 15) is 0 Å². The summed E-state index contributed by atoms with van der Waals surface area (Å²) in [5.41, 5.74) is 2.53. The highest BCUT2D eigenvalue weighted by molar-refractivity contribution is 5.28. The fourth-order valence-corrected chi connectivity index (χ4v) is 1.94. The highest BCUT2D eigenvalue weighted by atomic mass is 16.5. The molecular formula is C15H18N2O. The topological polar surface area (TPSA) is 25.4 Å². The molecule has 0 atom stereocenters. The van der Waals surface area contributed by atoms with Crippen molar-refractivity contribution in [1.82, 2.24) is 9.88 Å². The Bertz CT molecular complexity index is 485. The van der Waals surface area contributed by atoms with E-state index in [4.69, 9.17) is 4.74 Å². The molecule has 94 valence electrons. The number of methoxy groups -OCH3 is 1. The van der Waals surface area contributed by atoms with Gasteiger partial charge in [-0.05, 0) is 42.4 Å². The molecule has 0 aliphatic heterocycles. The van der Waals surface area contributed by atoms with Crippen molar-refractivity contribution in [2.45, 2.75) is 13.1 Å². The van der Waals surface area contributed by atoms with E-state index in [1.165, 1.54) is 11.1 Å². The van der Waals surface area contributed by atoms with Gasteiger partial charge in [-0.3, -0.25) is 9.88 Å². The van der Waals surface area contributed by atoms with Gasteiger partial charge < -0.3 is 4.74 Å². The molecule has 0 bridgehead atoms. The second kappa shape index (κ2) is 6.17. The first-order valence-corrected chi connectivity index (χ1v) is 5.98. The van der Waals surface area contributed by atoms with E-state index >= 15 is 0 Å². The van der Waals surface area contributed by atoms with Gasteiger partial charge >= 0.3 is 0 Å². The van der Waals surface area contributed by atoms with Crippen LogP contribution >= 0.6 is 0 Å². The number of rotatable bonds is 5. The van der Waals surface area contributed by atoms with Crippen molar-refractivity contribution in [1.29, 1.82) is 0 Å². The molecule has 0 aliphatic carbocycles. The molecule has 3 nitrogen and oxygen atoms in total. The zero-order chi connectivity index (χ0) is 12.8. The first kappa shape index (κ1) is 12.6. The van der Waals surface area contributed by atoms with E-state index in [-0.39, 0.29) is 0 Å². The third-order valence-electron chi connectivity index (χ3n) is 2.79. The predicted octanol–water partition coefficient (Wildman–Crippen LogP) is 2.72. The van der Waals surface area contributed by atoms with Gasteiger partial charge in [-0.1, -0.05) is 12.1 Å². The van der Waals surface area contributed by atoms with Crippen LogP contribution < -0.4 is 4.74 Å². The van der Waals surface area contributed by atoms with E-state index in [0.29, 0.717) is 0 Å². The van der Waals surface area contributed by atoms with Gasteiger partial charge in [0.1, 0.15) is 5.75 Å². The van der Waals surface area contributed by atoms with Crippen LogP contribution in [-0.2, 0) is 13.1 Å². The van der Waals surface area contributed by atoms with Crippen molar-refractivity contribution in [3.8, 4) is 5.75 Å². The molecule has 1 aromatic carbocycles. The number of benzene rings is 1. The molecular weight excluding hydrogens is 224 g/mol. The number of nitrogens with zero attached hydrogens (tertiary/aromatic N) is 2. The molecule has 0 unspecified atom stereocenters. The summed E-state index contributed by atoms with van der Waals surface area (Å²) >= 11 is 0. The molecule has 0 fully saturated rings. The number of aromatic nitrogens is 1. The summed E-state index contributed by atoms with van der Waals surface area (Å²) in [4.78, 5) is 6.29. The van der Waals surface area contributed by atoms with Crippen molar-refractivity contribution in [3.63, 3.8) is 0 Å². The van der Waals surface area contributed by atoms with Crippen molar-refractivity contribution in [3.05, 3.63) is 59.9 Å².